The van der Waals surface area contributed by atoms with E-state index in [4.69, 9.17) is 17.0 Å². The van der Waals surface area contributed by atoms with Gasteiger partial charge in [-0.2, -0.15) is 12.1 Å². The van der Waals surface area contributed by atoms with E-state index in [1.807, 2.05) is 0 Å². The van der Waals surface area contributed by atoms with E-state index < -0.39 is 20.8 Å². The fraction of sp³-hybridized carbons (Fsp3) is 0.333. The molecule has 6 aromatic rings. The summed E-state index contributed by atoms with van der Waals surface area (Å²) in [6, 6.07) is 31.7. The van der Waals surface area contributed by atoms with Crippen molar-refractivity contribution in [1.82, 2.24) is 10.5 Å². The molecule has 0 aliphatic rings. The summed E-state index contributed by atoms with van der Waals surface area (Å²) >= 11 is -0.826. The number of hydrogen-bond acceptors (Lipinski definition) is 2. The first-order valence-electron chi connectivity index (χ1n) is 19.5. The number of carbonyl (C=O) groups excluding carboxylic acids is 2. The normalized spacial score (nSPS) is 10.5. The number of amides is 2. The van der Waals surface area contributed by atoms with Crippen LogP contribution < -0.4 is 10.5 Å². The zero-order valence-electron chi connectivity index (χ0n) is 35.3. The van der Waals surface area contributed by atoms with Gasteiger partial charge in [0.25, 0.3) is 0 Å². The molecule has 0 unspecified atom stereocenters. The molecule has 6 rings (SSSR count). The number of benzene rings is 4. The van der Waals surface area contributed by atoms with Gasteiger partial charge in [-0.05, 0) is 97.9 Å². The van der Waals surface area contributed by atoms with E-state index in [2.05, 4.69) is 165 Å². The third-order valence-corrected chi connectivity index (χ3v) is 10.7. The van der Waals surface area contributed by atoms with Crippen molar-refractivity contribution in [2.45, 2.75) is 108 Å². The van der Waals surface area contributed by atoms with Crippen molar-refractivity contribution in [1.29, 1.82) is 0 Å². The summed E-state index contributed by atoms with van der Waals surface area (Å²) in [5.41, 5.74) is 16.7. The molecule has 0 atom stereocenters. The molecule has 2 N–H and O–H groups in total. The maximum atomic E-state index is 10.6. The number of aryl methyl sites for hydroxylation is 2. The first-order valence-corrected chi connectivity index (χ1v) is 25.8. The Morgan fingerprint density at radius 1 is 0.589 bits per heavy atom. The maximum absolute atomic E-state index is 10.6. The first kappa shape index (κ1) is 46.9. The Balaban J connectivity index is 0.000000228. The Hall–Kier alpha value is -3.43. The van der Waals surface area contributed by atoms with Gasteiger partial charge in [-0.25, -0.2) is 0 Å². The Morgan fingerprint density at radius 2 is 0.946 bits per heavy atom. The predicted octanol–water partition coefficient (Wildman–Crippen LogP) is 13.5. The topological polar surface area (TPSA) is 58.2 Å². The quantitative estimate of drug-likeness (QED) is 0.118. The summed E-state index contributed by atoms with van der Waals surface area (Å²) in [5, 5.41) is 10.3. The Labute approximate surface area is 355 Å². The molecule has 0 saturated carbocycles. The molecule has 6 aromatic carbocycles. The van der Waals surface area contributed by atoms with Crippen molar-refractivity contribution < 1.29 is 30.4 Å². The molecule has 0 aliphatic carbocycles. The predicted molar refractivity (Wildman–Crippen MR) is 241 cm³/mol. The van der Waals surface area contributed by atoms with Crippen molar-refractivity contribution in [2.24, 2.45) is 0 Å². The fourth-order valence-corrected chi connectivity index (χ4v) is 6.55. The van der Waals surface area contributed by atoms with Crippen LogP contribution in [-0.4, -0.2) is 19.4 Å². The van der Waals surface area contributed by atoms with Crippen LogP contribution in [0, 0.1) is 41.5 Å². The second-order valence-electron chi connectivity index (χ2n) is 14.9. The van der Waals surface area contributed by atoms with E-state index >= 15 is 0 Å². The number of hydrogen-bond donors (Lipinski definition) is 2. The van der Waals surface area contributed by atoms with Crippen molar-refractivity contribution in [2.75, 3.05) is 0 Å². The standard InChI is InChI=1S/2C21H23.C6H12BN2O2.2ClH.Zr/c2*1-13(2)18-11-17-7-6-8-20(21(17)12-18)19-10-9-14(3)15(4)16(19)5;1-3-5(10)8-7-9-6(11)4-2;;;/h2*6-13H,1-5H3;3-4H2,1-2H3,(H,8,10)(H,9,11);2*1H;/q2*-1;;;;+4/p-2. The molecule has 4 nitrogen and oxygen atoms in total. The Bertz CT molecular complexity index is 2080. The average molecular weight is 868 g/mol. The average Bonchev–Trinajstić information content (AvgIpc) is 3.83. The summed E-state index contributed by atoms with van der Waals surface area (Å²) in [7, 11) is 11.1. The van der Waals surface area contributed by atoms with Gasteiger partial charge in [-0.3, -0.25) is 9.59 Å². The number of nitrogens with one attached hydrogen (secondary N) is 2. The van der Waals surface area contributed by atoms with Crippen LogP contribution in [0.25, 0.3) is 43.8 Å². The number of rotatable bonds is 8. The summed E-state index contributed by atoms with van der Waals surface area (Å²) in [6.07, 6.45) is 0.830. The van der Waals surface area contributed by atoms with Gasteiger partial charge in [-0.15, -0.1) is 69.1 Å². The summed E-state index contributed by atoms with van der Waals surface area (Å²) in [4.78, 5) is 21.2. The molecule has 0 aromatic heterocycles. The molecule has 0 fully saturated rings. The molecule has 56 heavy (non-hydrogen) atoms. The molecule has 0 spiro atoms. The summed E-state index contributed by atoms with van der Waals surface area (Å²) in [6.45, 7) is 25.8. The minimum absolute atomic E-state index is 0.110. The van der Waals surface area contributed by atoms with Crippen molar-refractivity contribution in [3.05, 3.63) is 129 Å². The summed E-state index contributed by atoms with van der Waals surface area (Å²) < 4.78 is 0. The van der Waals surface area contributed by atoms with Crippen LogP contribution >= 0.6 is 17.0 Å². The van der Waals surface area contributed by atoms with Crippen LogP contribution in [0.3, 0.4) is 0 Å². The first-order chi connectivity index (χ1) is 26.6. The Morgan fingerprint density at radius 3 is 1.27 bits per heavy atom. The molecule has 0 aliphatic heterocycles. The minimum atomic E-state index is -0.826. The van der Waals surface area contributed by atoms with Crippen LogP contribution in [-0.2, 0) is 30.4 Å². The SMILES string of the molecule is CCC(=O)N[B]NC(=O)CC.Cc1ccc(-c2cccc3[cH-]c(C(C)C)cc23)c(C)c1C.Cc1ccc(-c2cccc3[cH-]c(C(C)C)cc23)c(C)c1C.[Cl][Zr+2][Cl]. The molecular formula is C48H58BCl2N2O2Zr. The van der Waals surface area contributed by atoms with Gasteiger partial charge < -0.3 is 10.5 Å². The third-order valence-electron chi connectivity index (χ3n) is 10.7. The van der Waals surface area contributed by atoms with Gasteiger partial charge in [0.15, 0.2) is 0 Å². The van der Waals surface area contributed by atoms with Crippen LogP contribution in [0.5, 0.6) is 0 Å². The van der Waals surface area contributed by atoms with E-state index in [-0.39, 0.29) is 11.8 Å². The molecule has 1 radical (unpaired) electrons. The van der Waals surface area contributed by atoms with Gasteiger partial charge in [0.2, 0.25) is 11.8 Å². The molecule has 8 heteroatoms. The Kier molecular flexibility index (Phi) is 18.9. The van der Waals surface area contributed by atoms with E-state index in [0.717, 1.165) is 0 Å². The zero-order chi connectivity index (χ0) is 41.7. The molecular weight excluding hydrogens is 809 g/mol. The fourth-order valence-electron chi connectivity index (χ4n) is 6.55. The van der Waals surface area contributed by atoms with Crippen LogP contribution in [0.1, 0.15) is 111 Å². The van der Waals surface area contributed by atoms with Gasteiger partial charge in [0.05, 0.1) is 0 Å². The van der Waals surface area contributed by atoms with Crippen LogP contribution in [0.15, 0.2) is 84.9 Å². The molecule has 0 saturated heterocycles. The second-order valence-corrected chi connectivity index (χ2v) is 18.7. The third kappa shape index (κ3) is 12.3. The second kappa shape index (κ2) is 22.5. The number of carbonyl (C=O) groups is 2. The van der Waals surface area contributed by atoms with Crippen molar-refractivity contribution >= 4 is 57.9 Å². The van der Waals surface area contributed by atoms with Crippen LogP contribution in [0.4, 0.5) is 0 Å². The number of halogens is 2. The van der Waals surface area contributed by atoms with Crippen LogP contribution in [0.2, 0.25) is 0 Å². The van der Waals surface area contributed by atoms with Gasteiger partial charge in [-0.1, -0.05) is 89.1 Å². The van der Waals surface area contributed by atoms with E-state index in [0.29, 0.717) is 24.7 Å². The van der Waals surface area contributed by atoms with E-state index in [1.54, 1.807) is 13.8 Å². The van der Waals surface area contributed by atoms with Gasteiger partial charge in [0.1, 0.15) is 0 Å². The van der Waals surface area contributed by atoms with E-state index in [9.17, 15) is 9.59 Å². The molecule has 2 amide bonds. The van der Waals surface area contributed by atoms with E-state index in [1.165, 1.54) is 95.9 Å². The van der Waals surface area contributed by atoms with Gasteiger partial charge in [0, 0.05) is 12.8 Å². The molecule has 0 heterocycles. The van der Waals surface area contributed by atoms with Gasteiger partial charge >= 0.3 is 45.4 Å². The number of fused-ring (bicyclic) bond motifs is 2. The van der Waals surface area contributed by atoms with Crippen molar-refractivity contribution in [3.8, 4) is 22.3 Å². The van der Waals surface area contributed by atoms with Crippen molar-refractivity contribution in [3.63, 3.8) is 0 Å². The monoisotopic (exact) mass is 865 g/mol. The molecule has 293 valence electrons. The summed E-state index contributed by atoms with van der Waals surface area (Å²) in [5.74, 6) is 0.931. The zero-order valence-corrected chi connectivity index (χ0v) is 39.3. The molecule has 0 bridgehead atoms.